The average Bonchev–Trinajstić information content (AvgIpc) is 2.30. The topological polar surface area (TPSA) is 50.4 Å². The van der Waals surface area contributed by atoms with E-state index in [2.05, 4.69) is 0 Å². The maximum Gasteiger partial charge on any atom is 0.339 e. The number of phenolic OH excluding ortho intramolecular Hbond substituents is 1. The molecule has 1 heterocycles. The van der Waals surface area contributed by atoms with Gasteiger partial charge in [0.25, 0.3) is 0 Å². The van der Waals surface area contributed by atoms with Crippen LogP contribution in [-0.4, -0.2) is 5.11 Å². The van der Waals surface area contributed by atoms with Crippen molar-refractivity contribution < 1.29 is 9.52 Å². The number of aryl methyl sites for hydroxylation is 2. The van der Waals surface area contributed by atoms with E-state index < -0.39 is 0 Å². The molecule has 0 amide bonds. The van der Waals surface area contributed by atoms with Gasteiger partial charge >= 0.3 is 5.63 Å². The average molecular weight is 232 g/mol. The Hall–Kier alpha value is -1.77. The van der Waals surface area contributed by atoms with Crippen molar-refractivity contribution in [2.24, 2.45) is 0 Å². The predicted octanol–water partition coefficient (Wildman–Crippen LogP) is 3.04. The number of phenols is 1. The molecule has 0 bridgehead atoms. The number of benzene rings is 1. The van der Waals surface area contributed by atoms with Crippen molar-refractivity contribution >= 4 is 11.0 Å². The van der Waals surface area contributed by atoms with Crippen LogP contribution in [0.25, 0.3) is 11.0 Å². The van der Waals surface area contributed by atoms with Crippen LogP contribution in [0.4, 0.5) is 0 Å². The Balaban J connectivity index is 3.18. The zero-order chi connectivity index (χ0) is 12.9. The highest BCUT2D eigenvalue weighted by atomic mass is 16.4. The molecule has 0 aliphatic rings. The van der Waals surface area contributed by atoms with E-state index in [0.717, 1.165) is 22.3 Å². The molecule has 0 radical (unpaired) electrons. The predicted molar refractivity (Wildman–Crippen MR) is 67.8 cm³/mol. The summed E-state index contributed by atoms with van der Waals surface area (Å²) in [5.74, 6) is 0.215. The van der Waals surface area contributed by atoms with Gasteiger partial charge in [-0.3, -0.25) is 0 Å². The standard InChI is InChI=1S/C14H16O3/c1-6-8(3)12(15)11-7(2)10(5)14(16)17-13(11)9(6)4/h15H,1-5H3. The fourth-order valence-electron chi connectivity index (χ4n) is 2.10. The van der Waals surface area contributed by atoms with Gasteiger partial charge in [0.15, 0.2) is 0 Å². The Morgan fingerprint density at radius 2 is 1.41 bits per heavy atom. The van der Waals surface area contributed by atoms with E-state index in [0.29, 0.717) is 16.5 Å². The van der Waals surface area contributed by atoms with Crippen molar-refractivity contribution in [3.05, 3.63) is 38.2 Å². The van der Waals surface area contributed by atoms with Crippen LogP contribution < -0.4 is 5.63 Å². The fourth-order valence-corrected chi connectivity index (χ4v) is 2.10. The van der Waals surface area contributed by atoms with Gasteiger partial charge in [-0.25, -0.2) is 4.79 Å². The summed E-state index contributed by atoms with van der Waals surface area (Å²) in [5.41, 5.74) is 4.22. The van der Waals surface area contributed by atoms with Crippen LogP contribution in [0, 0.1) is 34.6 Å². The third-order valence-electron chi connectivity index (χ3n) is 3.72. The summed E-state index contributed by atoms with van der Waals surface area (Å²) in [7, 11) is 0. The number of rotatable bonds is 0. The van der Waals surface area contributed by atoms with Gasteiger partial charge in [0.2, 0.25) is 0 Å². The van der Waals surface area contributed by atoms with E-state index in [4.69, 9.17) is 4.42 Å². The molecule has 2 aromatic rings. The second-order valence-corrected chi connectivity index (χ2v) is 4.57. The van der Waals surface area contributed by atoms with Crippen molar-refractivity contribution in [2.75, 3.05) is 0 Å². The molecule has 0 saturated carbocycles. The van der Waals surface area contributed by atoms with E-state index in [9.17, 15) is 9.90 Å². The lowest BCUT2D eigenvalue weighted by molar-refractivity contribution is 0.473. The highest BCUT2D eigenvalue weighted by Crippen LogP contribution is 2.36. The van der Waals surface area contributed by atoms with Gasteiger partial charge < -0.3 is 9.52 Å². The smallest absolute Gasteiger partial charge is 0.339 e. The van der Waals surface area contributed by atoms with Crippen molar-refractivity contribution in [3.63, 3.8) is 0 Å². The maximum atomic E-state index is 11.7. The van der Waals surface area contributed by atoms with Crippen molar-refractivity contribution in [1.29, 1.82) is 0 Å². The van der Waals surface area contributed by atoms with Gasteiger partial charge in [-0.1, -0.05) is 0 Å². The minimum Gasteiger partial charge on any atom is -0.507 e. The molecule has 0 fully saturated rings. The third-order valence-corrected chi connectivity index (χ3v) is 3.72. The first-order valence-electron chi connectivity index (χ1n) is 5.59. The first kappa shape index (κ1) is 11.7. The van der Waals surface area contributed by atoms with Gasteiger partial charge in [0.1, 0.15) is 11.3 Å². The first-order valence-corrected chi connectivity index (χ1v) is 5.59. The Morgan fingerprint density at radius 1 is 0.824 bits per heavy atom. The molecule has 0 aliphatic heterocycles. The summed E-state index contributed by atoms with van der Waals surface area (Å²) in [6.07, 6.45) is 0. The first-order chi connectivity index (χ1) is 7.86. The van der Waals surface area contributed by atoms with Gasteiger partial charge in [-0.05, 0) is 56.9 Å². The van der Waals surface area contributed by atoms with Crippen LogP contribution in [0.5, 0.6) is 5.75 Å². The fraction of sp³-hybridized carbons (Fsp3) is 0.357. The number of hydrogen-bond donors (Lipinski definition) is 1. The van der Waals surface area contributed by atoms with Gasteiger partial charge in [-0.15, -0.1) is 0 Å². The van der Waals surface area contributed by atoms with Crippen molar-refractivity contribution in [2.45, 2.75) is 34.6 Å². The zero-order valence-electron chi connectivity index (χ0n) is 10.8. The number of hydrogen-bond acceptors (Lipinski definition) is 3. The van der Waals surface area contributed by atoms with Crippen molar-refractivity contribution in [1.82, 2.24) is 0 Å². The molecular weight excluding hydrogens is 216 g/mol. The minimum absolute atomic E-state index is 0.215. The summed E-state index contributed by atoms with van der Waals surface area (Å²) in [6.45, 7) is 9.24. The molecule has 0 unspecified atom stereocenters. The quantitative estimate of drug-likeness (QED) is 0.710. The van der Waals surface area contributed by atoms with Crippen molar-refractivity contribution in [3.8, 4) is 5.75 Å². The lowest BCUT2D eigenvalue weighted by atomic mass is 9.96. The molecule has 90 valence electrons. The van der Waals surface area contributed by atoms with Crippen LogP contribution in [0.3, 0.4) is 0 Å². The molecule has 1 N–H and O–H groups in total. The molecule has 0 spiro atoms. The molecule has 0 atom stereocenters. The highest BCUT2D eigenvalue weighted by Gasteiger charge is 2.17. The Morgan fingerprint density at radius 3 is 2.00 bits per heavy atom. The monoisotopic (exact) mass is 232 g/mol. The number of fused-ring (bicyclic) bond motifs is 1. The molecule has 3 heteroatoms. The number of aromatic hydroxyl groups is 1. The molecule has 0 aliphatic carbocycles. The second kappa shape index (κ2) is 3.62. The van der Waals surface area contributed by atoms with Crippen LogP contribution in [0.15, 0.2) is 9.21 Å². The molecular formula is C14H16O3. The van der Waals surface area contributed by atoms with Gasteiger partial charge in [0.05, 0.1) is 5.39 Å². The summed E-state index contributed by atoms with van der Waals surface area (Å²) < 4.78 is 5.31. The highest BCUT2D eigenvalue weighted by molar-refractivity contribution is 5.91. The van der Waals surface area contributed by atoms with E-state index >= 15 is 0 Å². The van der Waals surface area contributed by atoms with E-state index in [1.54, 1.807) is 6.92 Å². The van der Waals surface area contributed by atoms with Crippen LogP contribution in [0.1, 0.15) is 27.8 Å². The van der Waals surface area contributed by atoms with Gasteiger partial charge in [-0.2, -0.15) is 0 Å². The van der Waals surface area contributed by atoms with E-state index in [-0.39, 0.29) is 11.4 Å². The van der Waals surface area contributed by atoms with Crippen LogP contribution >= 0.6 is 0 Å². The third kappa shape index (κ3) is 1.46. The molecule has 3 nitrogen and oxygen atoms in total. The molecule has 17 heavy (non-hydrogen) atoms. The normalized spacial score (nSPS) is 11.1. The maximum absolute atomic E-state index is 11.7. The van der Waals surface area contributed by atoms with E-state index in [1.165, 1.54) is 0 Å². The SMILES string of the molecule is Cc1c(C)c(O)c2c(C)c(C)c(=O)oc2c1C. The Kier molecular flexibility index (Phi) is 2.49. The Bertz CT molecular complexity index is 678. The lowest BCUT2D eigenvalue weighted by Gasteiger charge is -2.13. The van der Waals surface area contributed by atoms with Gasteiger partial charge in [0, 0.05) is 5.56 Å². The van der Waals surface area contributed by atoms with E-state index in [1.807, 2.05) is 27.7 Å². The minimum atomic E-state index is -0.333. The molecule has 2 rings (SSSR count). The van der Waals surface area contributed by atoms with Crippen LogP contribution in [0.2, 0.25) is 0 Å². The zero-order valence-corrected chi connectivity index (χ0v) is 10.8. The summed E-state index contributed by atoms with van der Waals surface area (Å²) in [5, 5.41) is 10.9. The largest absolute Gasteiger partial charge is 0.507 e. The summed E-state index contributed by atoms with van der Waals surface area (Å²) >= 11 is 0. The lowest BCUT2D eigenvalue weighted by Crippen LogP contribution is -2.07. The molecule has 1 aromatic heterocycles. The summed E-state index contributed by atoms with van der Waals surface area (Å²) in [4.78, 5) is 11.7. The van der Waals surface area contributed by atoms with Crippen LogP contribution in [-0.2, 0) is 0 Å². The second-order valence-electron chi connectivity index (χ2n) is 4.57. The molecule has 1 aromatic carbocycles. The Labute approximate surface area is 99.7 Å². The molecule has 0 saturated heterocycles. The summed E-state index contributed by atoms with van der Waals surface area (Å²) in [6, 6.07) is 0.